The second kappa shape index (κ2) is 7.39. The lowest BCUT2D eigenvalue weighted by molar-refractivity contribution is 0.147. The summed E-state index contributed by atoms with van der Waals surface area (Å²) in [4.78, 5) is 32.3. The van der Waals surface area contributed by atoms with Gasteiger partial charge in [0.25, 0.3) is 5.56 Å². The average Bonchev–Trinajstić information content (AvgIpc) is 2.96. The molecule has 0 N–H and O–H groups in total. The maximum Gasteiger partial charge on any atom is 0.332 e. The molecule has 7 nitrogen and oxygen atoms in total. The molecule has 144 valence electrons. The lowest BCUT2D eigenvalue weighted by Crippen LogP contribution is -2.38. The first kappa shape index (κ1) is 18.9. The van der Waals surface area contributed by atoms with E-state index in [-0.39, 0.29) is 11.2 Å². The Bertz CT molecular complexity index is 905. The van der Waals surface area contributed by atoms with Crippen LogP contribution in [0.15, 0.2) is 9.59 Å². The highest BCUT2D eigenvalue weighted by molar-refractivity contribution is 5.71. The Hall–Kier alpha value is -1.89. The van der Waals surface area contributed by atoms with Crippen LogP contribution in [0.4, 0.5) is 0 Å². The van der Waals surface area contributed by atoms with Gasteiger partial charge in [-0.1, -0.05) is 20.3 Å². The molecule has 0 saturated carbocycles. The molecule has 3 heterocycles. The number of fused-ring (bicyclic) bond motifs is 1. The monoisotopic (exact) mass is 361 g/mol. The second-order valence-corrected chi connectivity index (χ2v) is 8.06. The van der Waals surface area contributed by atoms with E-state index < -0.39 is 0 Å². The SMILES string of the molecule is CC(C)CCn1c(CN2CCCC[C@H]2C)nc2c1c(=O)n(C)c(=O)n2C. The predicted molar refractivity (Wildman–Crippen MR) is 103 cm³/mol. The highest BCUT2D eigenvalue weighted by atomic mass is 16.2. The van der Waals surface area contributed by atoms with E-state index >= 15 is 0 Å². The summed E-state index contributed by atoms with van der Waals surface area (Å²) in [5, 5.41) is 0. The Morgan fingerprint density at radius 1 is 1.15 bits per heavy atom. The first-order valence-corrected chi connectivity index (χ1v) is 9.70. The molecule has 0 bridgehead atoms. The zero-order chi connectivity index (χ0) is 19.0. The van der Waals surface area contributed by atoms with Crippen molar-refractivity contribution in [1.29, 1.82) is 0 Å². The lowest BCUT2D eigenvalue weighted by Gasteiger charge is -2.33. The van der Waals surface area contributed by atoms with Gasteiger partial charge in [0, 0.05) is 26.7 Å². The van der Waals surface area contributed by atoms with Crippen molar-refractivity contribution < 1.29 is 0 Å². The molecule has 1 fully saturated rings. The minimum absolute atomic E-state index is 0.253. The van der Waals surface area contributed by atoms with Crippen molar-refractivity contribution in [3.8, 4) is 0 Å². The molecule has 2 aromatic rings. The molecule has 0 radical (unpaired) electrons. The molecule has 1 saturated heterocycles. The molecule has 0 aliphatic carbocycles. The van der Waals surface area contributed by atoms with Crippen LogP contribution in [0.25, 0.3) is 11.2 Å². The molecule has 0 unspecified atom stereocenters. The minimum atomic E-state index is -0.325. The van der Waals surface area contributed by atoms with Crippen LogP contribution in [-0.4, -0.2) is 36.2 Å². The van der Waals surface area contributed by atoms with Gasteiger partial charge in [-0.05, 0) is 38.6 Å². The summed E-state index contributed by atoms with van der Waals surface area (Å²) in [5.74, 6) is 1.43. The van der Waals surface area contributed by atoms with Crippen molar-refractivity contribution in [2.45, 2.75) is 65.6 Å². The van der Waals surface area contributed by atoms with Gasteiger partial charge in [-0.25, -0.2) is 9.78 Å². The highest BCUT2D eigenvalue weighted by Gasteiger charge is 2.24. The zero-order valence-corrected chi connectivity index (χ0v) is 16.7. The second-order valence-electron chi connectivity index (χ2n) is 8.06. The number of piperidine rings is 1. The molecule has 1 aliphatic rings. The summed E-state index contributed by atoms with van der Waals surface area (Å²) in [7, 11) is 3.23. The normalized spacial score (nSPS) is 18.9. The maximum atomic E-state index is 12.8. The third kappa shape index (κ3) is 3.37. The number of aromatic nitrogens is 4. The van der Waals surface area contributed by atoms with Crippen LogP contribution in [0.2, 0.25) is 0 Å². The molecule has 3 rings (SSSR count). The van der Waals surface area contributed by atoms with Gasteiger partial charge in [0.1, 0.15) is 5.82 Å². The van der Waals surface area contributed by atoms with Crippen LogP contribution in [0.1, 0.15) is 52.3 Å². The Morgan fingerprint density at radius 2 is 1.88 bits per heavy atom. The van der Waals surface area contributed by atoms with Crippen LogP contribution in [0, 0.1) is 5.92 Å². The van der Waals surface area contributed by atoms with Crippen LogP contribution in [0.5, 0.6) is 0 Å². The topological polar surface area (TPSA) is 65.1 Å². The molecular weight excluding hydrogens is 330 g/mol. The van der Waals surface area contributed by atoms with Gasteiger partial charge < -0.3 is 4.57 Å². The number of rotatable bonds is 5. The Balaban J connectivity index is 2.13. The maximum absolute atomic E-state index is 12.8. The van der Waals surface area contributed by atoms with E-state index in [4.69, 9.17) is 4.98 Å². The van der Waals surface area contributed by atoms with Crippen LogP contribution in [-0.2, 0) is 27.2 Å². The molecule has 0 spiro atoms. The largest absolute Gasteiger partial charge is 0.332 e. The molecule has 7 heteroatoms. The molecule has 1 aliphatic heterocycles. The van der Waals surface area contributed by atoms with Gasteiger partial charge >= 0.3 is 5.69 Å². The summed E-state index contributed by atoms with van der Waals surface area (Å²) in [6.07, 6.45) is 4.65. The summed E-state index contributed by atoms with van der Waals surface area (Å²) in [6.45, 7) is 9.16. The minimum Gasteiger partial charge on any atom is -0.321 e. The summed E-state index contributed by atoms with van der Waals surface area (Å²) < 4.78 is 4.73. The zero-order valence-electron chi connectivity index (χ0n) is 16.7. The Kier molecular flexibility index (Phi) is 5.37. The fourth-order valence-electron chi connectivity index (χ4n) is 3.81. The number of aryl methyl sites for hydroxylation is 2. The molecule has 26 heavy (non-hydrogen) atoms. The molecule has 1 atom stereocenters. The van der Waals surface area contributed by atoms with Crippen molar-refractivity contribution in [2.24, 2.45) is 20.0 Å². The Morgan fingerprint density at radius 3 is 2.54 bits per heavy atom. The third-order valence-electron chi connectivity index (χ3n) is 5.64. The first-order valence-electron chi connectivity index (χ1n) is 9.70. The number of hydrogen-bond acceptors (Lipinski definition) is 4. The summed E-state index contributed by atoms with van der Waals surface area (Å²) in [6, 6.07) is 0.522. The van der Waals surface area contributed by atoms with Crippen LogP contribution >= 0.6 is 0 Å². The number of likely N-dealkylation sites (tertiary alicyclic amines) is 1. The van der Waals surface area contributed by atoms with Crippen LogP contribution in [0.3, 0.4) is 0 Å². The van der Waals surface area contributed by atoms with Crippen molar-refractivity contribution in [3.05, 3.63) is 26.7 Å². The summed E-state index contributed by atoms with van der Waals surface area (Å²) in [5.41, 5.74) is 0.475. The standard InChI is InChI=1S/C19H31N5O2/c1-13(2)9-11-24-15(12-23-10-7-6-8-14(23)3)20-17-16(24)18(25)22(5)19(26)21(17)4/h13-14H,6-12H2,1-5H3/t14-/m1/s1. The van der Waals surface area contributed by atoms with E-state index in [0.717, 1.165) is 31.9 Å². The van der Waals surface area contributed by atoms with Crippen molar-refractivity contribution >= 4 is 11.2 Å². The number of hydrogen-bond donors (Lipinski definition) is 0. The van der Waals surface area contributed by atoms with Gasteiger partial charge in [-0.2, -0.15) is 0 Å². The quantitative estimate of drug-likeness (QED) is 0.815. The number of imidazole rings is 1. The van der Waals surface area contributed by atoms with Gasteiger partial charge in [-0.3, -0.25) is 18.8 Å². The first-order chi connectivity index (χ1) is 12.3. The Labute approximate surface area is 154 Å². The van der Waals surface area contributed by atoms with E-state index in [1.807, 2.05) is 0 Å². The fraction of sp³-hybridized carbons (Fsp3) is 0.737. The van der Waals surface area contributed by atoms with Gasteiger partial charge in [0.15, 0.2) is 11.2 Å². The lowest BCUT2D eigenvalue weighted by atomic mass is 10.0. The molecule has 0 aromatic carbocycles. The van der Waals surface area contributed by atoms with Gasteiger partial charge in [0.2, 0.25) is 0 Å². The molecule has 0 amide bonds. The van der Waals surface area contributed by atoms with E-state index in [1.54, 1.807) is 7.05 Å². The predicted octanol–water partition coefficient (Wildman–Crippen LogP) is 1.85. The summed E-state index contributed by atoms with van der Waals surface area (Å²) >= 11 is 0. The van der Waals surface area contributed by atoms with Gasteiger partial charge in [-0.15, -0.1) is 0 Å². The molecule has 2 aromatic heterocycles. The van der Waals surface area contributed by atoms with Crippen LogP contribution < -0.4 is 11.2 Å². The van der Waals surface area contributed by atoms with Crippen molar-refractivity contribution in [1.82, 2.24) is 23.6 Å². The van der Waals surface area contributed by atoms with E-state index in [2.05, 4.69) is 30.2 Å². The molecular formula is C19H31N5O2. The highest BCUT2D eigenvalue weighted by Crippen LogP contribution is 2.21. The average molecular weight is 361 g/mol. The fourth-order valence-corrected chi connectivity index (χ4v) is 3.81. The van der Waals surface area contributed by atoms with E-state index in [1.165, 1.54) is 35.4 Å². The van der Waals surface area contributed by atoms with Crippen molar-refractivity contribution in [3.63, 3.8) is 0 Å². The van der Waals surface area contributed by atoms with E-state index in [0.29, 0.717) is 23.1 Å². The smallest absolute Gasteiger partial charge is 0.321 e. The number of nitrogens with zero attached hydrogens (tertiary/aromatic N) is 5. The third-order valence-corrected chi connectivity index (χ3v) is 5.64. The van der Waals surface area contributed by atoms with Crippen molar-refractivity contribution in [2.75, 3.05) is 6.54 Å². The van der Waals surface area contributed by atoms with E-state index in [9.17, 15) is 9.59 Å². The van der Waals surface area contributed by atoms with Gasteiger partial charge in [0.05, 0.1) is 6.54 Å².